The van der Waals surface area contributed by atoms with Crippen molar-refractivity contribution in [3.8, 4) is 0 Å². The largest absolute Gasteiger partial charge is 0.466 e. The van der Waals surface area contributed by atoms with E-state index >= 15 is 0 Å². The maximum Gasteiger partial charge on any atom is 0.154 e. The van der Waals surface area contributed by atoms with E-state index in [1.807, 2.05) is 0 Å². The van der Waals surface area contributed by atoms with Crippen LogP contribution in [0.2, 0.25) is 0 Å². The molecule has 4 heteroatoms. The summed E-state index contributed by atoms with van der Waals surface area (Å²) in [6.07, 6.45) is 0.802. The molecule has 0 aliphatic heterocycles. The van der Waals surface area contributed by atoms with Gasteiger partial charge in [-0.3, -0.25) is 0 Å². The first-order valence-electron chi connectivity index (χ1n) is 3.47. The Labute approximate surface area is 73.3 Å². The van der Waals surface area contributed by atoms with Crippen LogP contribution in [0.5, 0.6) is 0 Å². The summed E-state index contributed by atoms with van der Waals surface area (Å²) >= 11 is 1.45. The number of aromatic nitrogens is 1. The van der Waals surface area contributed by atoms with Gasteiger partial charge in [0.25, 0.3) is 0 Å². The van der Waals surface area contributed by atoms with Gasteiger partial charge >= 0.3 is 0 Å². The summed E-state index contributed by atoms with van der Waals surface area (Å²) in [6.45, 7) is 0. The van der Waals surface area contributed by atoms with Crippen LogP contribution >= 0.6 is 11.3 Å². The lowest BCUT2D eigenvalue weighted by Gasteiger charge is -2.01. The van der Waals surface area contributed by atoms with Crippen LogP contribution in [0.3, 0.4) is 0 Å². The molecule has 0 saturated carbocycles. The monoisotopic (exact) mass is 181 g/mol. The van der Waals surface area contributed by atoms with Gasteiger partial charge < -0.3 is 9.52 Å². The van der Waals surface area contributed by atoms with Gasteiger partial charge in [-0.15, -0.1) is 11.3 Å². The van der Waals surface area contributed by atoms with E-state index in [-0.39, 0.29) is 0 Å². The molecule has 1 atom stereocenters. The molecule has 1 N–H and O–H groups in total. The third kappa shape index (κ3) is 1.26. The van der Waals surface area contributed by atoms with E-state index in [0.29, 0.717) is 11.5 Å². The van der Waals surface area contributed by atoms with Gasteiger partial charge in [0.05, 0.1) is 17.5 Å². The SMILES string of the molecule is OC(c1cscn1)c1ccco1. The van der Waals surface area contributed by atoms with Gasteiger partial charge in [-0.2, -0.15) is 0 Å². The van der Waals surface area contributed by atoms with E-state index in [0.717, 1.165) is 0 Å². The highest BCUT2D eigenvalue weighted by atomic mass is 32.1. The van der Waals surface area contributed by atoms with Crippen LogP contribution in [0.4, 0.5) is 0 Å². The predicted octanol–water partition coefficient (Wildman–Crippen LogP) is 1.82. The van der Waals surface area contributed by atoms with E-state index in [1.165, 1.54) is 17.6 Å². The summed E-state index contributed by atoms with van der Waals surface area (Å²) in [4.78, 5) is 3.98. The number of aliphatic hydroxyl groups excluding tert-OH is 1. The number of rotatable bonds is 2. The quantitative estimate of drug-likeness (QED) is 0.768. The lowest BCUT2D eigenvalue weighted by Crippen LogP contribution is -1.97. The Bertz CT molecular complexity index is 294. The second-order valence-corrected chi connectivity index (χ2v) is 3.05. The molecule has 0 radical (unpaired) electrons. The standard InChI is InChI=1S/C8H7NO2S/c10-8(6-4-12-5-9-6)7-2-1-3-11-7/h1-5,8,10H. The fourth-order valence-electron chi connectivity index (χ4n) is 0.950. The van der Waals surface area contributed by atoms with Crippen molar-refractivity contribution in [2.75, 3.05) is 0 Å². The molecule has 0 spiro atoms. The molecule has 0 aliphatic carbocycles. The molecule has 2 aromatic heterocycles. The lowest BCUT2D eigenvalue weighted by molar-refractivity contribution is 0.185. The molecular weight excluding hydrogens is 174 g/mol. The number of hydrogen-bond acceptors (Lipinski definition) is 4. The van der Waals surface area contributed by atoms with Crippen molar-refractivity contribution in [1.29, 1.82) is 0 Å². The van der Waals surface area contributed by atoms with E-state index in [4.69, 9.17) is 4.42 Å². The fourth-order valence-corrected chi connectivity index (χ4v) is 1.52. The van der Waals surface area contributed by atoms with E-state index in [2.05, 4.69) is 4.98 Å². The minimum absolute atomic E-state index is 0.529. The first kappa shape index (κ1) is 7.52. The average molecular weight is 181 g/mol. The highest BCUT2D eigenvalue weighted by Crippen LogP contribution is 2.21. The van der Waals surface area contributed by atoms with Crippen LogP contribution in [0.25, 0.3) is 0 Å². The average Bonchev–Trinajstić information content (AvgIpc) is 2.77. The van der Waals surface area contributed by atoms with Gasteiger partial charge in [-0.1, -0.05) is 0 Å². The molecule has 0 aliphatic rings. The number of hydrogen-bond donors (Lipinski definition) is 1. The second kappa shape index (κ2) is 3.08. The molecule has 2 rings (SSSR count). The fraction of sp³-hybridized carbons (Fsp3) is 0.125. The summed E-state index contributed by atoms with van der Waals surface area (Å²) in [5.74, 6) is 0.529. The first-order valence-corrected chi connectivity index (χ1v) is 4.42. The molecule has 0 saturated heterocycles. The van der Waals surface area contributed by atoms with Gasteiger partial charge in [0.15, 0.2) is 6.10 Å². The van der Waals surface area contributed by atoms with E-state index < -0.39 is 6.10 Å². The molecular formula is C8H7NO2S. The van der Waals surface area contributed by atoms with Crippen LogP contribution in [0.1, 0.15) is 17.6 Å². The maximum atomic E-state index is 9.62. The van der Waals surface area contributed by atoms with Crippen LogP contribution in [0.15, 0.2) is 33.7 Å². The maximum absolute atomic E-state index is 9.62. The Morgan fingerprint density at radius 3 is 3.08 bits per heavy atom. The highest BCUT2D eigenvalue weighted by Gasteiger charge is 2.14. The predicted molar refractivity (Wildman–Crippen MR) is 44.9 cm³/mol. The van der Waals surface area contributed by atoms with Crippen LogP contribution in [-0.2, 0) is 0 Å². The van der Waals surface area contributed by atoms with Crippen molar-refractivity contribution in [3.63, 3.8) is 0 Å². The Balaban J connectivity index is 2.27. The number of nitrogens with zero attached hydrogens (tertiary/aromatic N) is 1. The molecule has 62 valence electrons. The number of thiazole rings is 1. The zero-order valence-electron chi connectivity index (χ0n) is 6.18. The molecule has 0 fully saturated rings. The molecule has 0 amide bonds. The van der Waals surface area contributed by atoms with Gasteiger partial charge in [-0.25, -0.2) is 4.98 Å². The summed E-state index contributed by atoms with van der Waals surface area (Å²) in [5, 5.41) is 11.4. The third-order valence-corrected chi connectivity index (χ3v) is 2.15. The molecule has 2 heterocycles. The zero-order valence-corrected chi connectivity index (χ0v) is 6.99. The van der Waals surface area contributed by atoms with Crippen LogP contribution in [-0.4, -0.2) is 10.1 Å². The molecule has 1 unspecified atom stereocenters. The summed E-state index contributed by atoms with van der Waals surface area (Å²) in [6, 6.07) is 3.47. The molecule has 2 aromatic rings. The summed E-state index contributed by atoms with van der Waals surface area (Å²) in [5.41, 5.74) is 2.32. The van der Waals surface area contributed by atoms with Gasteiger partial charge in [-0.05, 0) is 12.1 Å². The minimum atomic E-state index is -0.730. The Hall–Kier alpha value is -1.13. The molecule has 12 heavy (non-hydrogen) atoms. The third-order valence-electron chi connectivity index (χ3n) is 1.54. The second-order valence-electron chi connectivity index (χ2n) is 2.33. The van der Waals surface area contributed by atoms with Crippen molar-refractivity contribution in [1.82, 2.24) is 4.98 Å². The normalized spacial score (nSPS) is 13.1. The van der Waals surface area contributed by atoms with Gasteiger partial charge in [0.1, 0.15) is 5.76 Å². The van der Waals surface area contributed by atoms with Gasteiger partial charge in [0.2, 0.25) is 0 Å². The van der Waals surface area contributed by atoms with Gasteiger partial charge in [0, 0.05) is 5.38 Å². The topological polar surface area (TPSA) is 46.3 Å². The first-order chi connectivity index (χ1) is 5.88. The molecule has 3 nitrogen and oxygen atoms in total. The minimum Gasteiger partial charge on any atom is -0.466 e. The smallest absolute Gasteiger partial charge is 0.154 e. The van der Waals surface area contributed by atoms with Crippen LogP contribution in [0, 0.1) is 0 Å². The van der Waals surface area contributed by atoms with Crippen molar-refractivity contribution >= 4 is 11.3 Å². The van der Waals surface area contributed by atoms with Crippen molar-refractivity contribution in [2.24, 2.45) is 0 Å². The van der Waals surface area contributed by atoms with Crippen molar-refractivity contribution in [3.05, 3.63) is 40.7 Å². The summed E-state index contributed by atoms with van der Waals surface area (Å²) < 4.78 is 5.03. The summed E-state index contributed by atoms with van der Waals surface area (Å²) in [7, 11) is 0. The number of aliphatic hydroxyl groups is 1. The zero-order chi connectivity index (χ0) is 8.39. The van der Waals surface area contributed by atoms with E-state index in [9.17, 15) is 5.11 Å². The van der Waals surface area contributed by atoms with Crippen LogP contribution < -0.4 is 0 Å². The van der Waals surface area contributed by atoms with Crippen molar-refractivity contribution < 1.29 is 9.52 Å². The Morgan fingerprint density at radius 1 is 1.58 bits per heavy atom. The molecule has 0 aromatic carbocycles. The lowest BCUT2D eigenvalue weighted by atomic mass is 10.2. The van der Waals surface area contributed by atoms with E-state index in [1.54, 1.807) is 23.0 Å². The van der Waals surface area contributed by atoms with Crippen molar-refractivity contribution in [2.45, 2.75) is 6.10 Å². The Morgan fingerprint density at radius 2 is 2.50 bits per heavy atom. The highest BCUT2D eigenvalue weighted by molar-refractivity contribution is 7.07. The number of furan rings is 1. The Kier molecular flexibility index (Phi) is 1.93. The molecule has 0 bridgehead atoms.